The first-order chi connectivity index (χ1) is 4.30. The first-order valence-corrected chi connectivity index (χ1v) is 3.24. The monoisotopic (exact) mass is 165 g/mol. The Bertz CT molecular complexity index is 112. The smallest absolute Gasteiger partial charge is 0.307 e. The van der Waals surface area contributed by atoms with Crippen LogP contribution in [0.25, 0.3) is 0 Å². The number of carboxylic acids is 1. The second-order valence-corrected chi connectivity index (χ2v) is 2.38. The molecule has 0 aromatic carbocycles. The molecule has 1 saturated heterocycles. The maximum atomic E-state index is 10.3. The minimum atomic E-state index is -0.665. The SMILES string of the molecule is Cl.O=C(O)[C@H]1CCCNC1. The van der Waals surface area contributed by atoms with Crippen molar-refractivity contribution in [2.75, 3.05) is 13.1 Å². The number of hydrogen-bond acceptors (Lipinski definition) is 2. The van der Waals surface area contributed by atoms with Gasteiger partial charge < -0.3 is 10.4 Å². The van der Waals surface area contributed by atoms with E-state index in [0.717, 1.165) is 19.4 Å². The van der Waals surface area contributed by atoms with Crippen molar-refractivity contribution < 1.29 is 9.90 Å². The highest BCUT2D eigenvalue weighted by atomic mass is 35.5. The van der Waals surface area contributed by atoms with Crippen LogP contribution in [0.4, 0.5) is 0 Å². The highest BCUT2D eigenvalue weighted by molar-refractivity contribution is 5.85. The Morgan fingerprint density at radius 2 is 2.30 bits per heavy atom. The highest BCUT2D eigenvalue weighted by Gasteiger charge is 2.18. The van der Waals surface area contributed by atoms with E-state index >= 15 is 0 Å². The molecule has 0 saturated carbocycles. The average Bonchev–Trinajstić information content (AvgIpc) is 1.90. The first-order valence-electron chi connectivity index (χ1n) is 3.24. The van der Waals surface area contributed by atoms with Crippen LogP contribution < -0.4 is 5.32 Å². The van der Waals surface area contributed by atoms with Crippen LogP contribution in [0.3, 0.4) is 0 Å². The second kappa shape index (κ2) is 4.52. The highest BCUT2D eigenvalue weighted by Crippen LogP contribution is 2.08. The molecule has 0 spiro atoms. The molecule has 1 atom stereocenters. The Morgan fingerprint density at radius 1 is 1.60 bits per heavy atom. The van der Waals surface area contributed by atoms with Gasteiger partial charge in [0.05, 0.1) is 5.92 Å². The molecule has 10 heavy (non-hydrogen) atoms. The van der Waals surface area contributed by atoms with Gasteiger partial charge in [-0.3, -0.25) is 4.79 Å². The summed E-state index contributed by atoms with van der Waals surface area (Å²) in [5.74, 6) is -0.805. The third-order valence-electron chi connectivity index (χ3n) is 1.65. The Balaban J connectivity index is 0.000000810. The van der Waals surface area contributed by atoms with Crippen molar-refractivity contribution in [1.82, 2.24) is 5.32 Å². The maximum Gasteiger partial charge on any atom is 0.307 e. The Hall–Kier alpha value is -0.280. The van der Waals surface area contributed by atoms with E-state index in [0.29, 0.717) is 6.54 Å². The predicted octanol–water partition coefficient (Wildman–Crippen LogP) is 0.492. The quantitative estimate of drug-likeness (QED) is 0.595. The van der Waals surface area contributed by atoms with E-state index in [1.807, 2.05) is 0 Å². The van der Waals surface area contributed by atoms with Gasteiger partial charge in [0.1, 0.15) is 0 Å². The number of hydrogen-bond donors (Lipinski definition) is 2. The molecule has 1 heterocycles. The van der Waals surface area contributed by atoms with Gasteiger partial charge in [0.25, 0.3) is 0 Å². The summed E-state index contributed by atoms with van der Waals surface area (Å²) in [6.07, 6.45) is 1.83. The number of piperidine rings is 1. The maximum absolute atomic E-state index is 10.3. The van der Waals surface area contributed by atoms with Crippen LogP contribution in [0, 0.1) is 5.92 Å². The molecule has 2 N–H and O–H groups in total. The lowest BCUT2D eigenvalue weighted by molar-refractivity contribution is -0.142. The summed E-state index contributed by atoms with van der Waals surface area (Å²) < 4.78 is 0. The molecule has 0 bridgehead atoms. The molecule has 0 aromatic rings. The van der Waals surface area contributed by atoms with Crippen molar-refractivity contribution in [3.05, 3.63) is 0 Å². The molecule has 0 radical (unpaired) electrons. The summed E-state index contributed by atoms with van der Waals surface area (Å²) in [4.78, 5) is 10.3. The largest absolute Gasteiger partial charge is 0.481 e. The zero-order chi connectivity index (χ0) is 6.69. The van der Waals surface area contributed by atoms with E-state index in [4.69, 9.17) is 5.11 Å². The molecule has 0 unspecified atom stereocenters. The van der Waals surface area contributed by atoms with E-state index in [1.54, 1.807) is 0 Å². The number of aliphatic carboxylic acids is 1. The van der Waals surface area contributed by atoms with Crippen molar-refractivity contribution >= 4 is 18.4 Å². The molecular weight excluding hydrogens is 154 g/mol. The van der Waals surface area contributed by atoms with Crippen LogP contribution in [0.1, 0.15) is 12.8 Å². The van der Waals surface area contributed by atoms with Crippen molar-refractivity contribution in [3.63, 3.8) is 0 Å². The summed E-state index contributed by atoms with van der Waals surface area (Å²) in [6, 6.07) is 0. The van der Waals surface area contributed by atoms with Crippen LogP contribution in [0.5, 0.6) is 0 Å². The van der Waals surface area contributed by atoms with Crippen molar-refractivity contribution in [2.45, 2.75) is 12.8 Å². The fourth-order valence-corrected chi connectivity index (χ4v) is 1.06. The summed E-state index contributed by atoms with van der Waals surface area (Å²) in [6.45, 7) is 1.62. The zero-order valence-corrected chi connectivity index (χ0v) is 6.49. The van der Waals surface area contributed by atoms with E-state index in [-0.39, 0.29) is 18.3 Å². The molecule has 60 valence electrons. The van der Waals surface area contributed by atoms with E-state index in [2.05, 4.69) is 5.32 Å². The molecule has 1 aliphatic rings. The third kappa shape index (κ3) is 2.54. The molecule has 0 aromatic heterocycles. The topological polar surface area (TPSA) is 49.3 Å². The van der Waals surface area contributed by atoms with E-state index in [1.165, 1.54) is 0 Å². The molecule has 3 nitrogen and oxygen atoms in total. The van der Waals surface area contributed by atoms with Crippen molar-refractivity contribution in [1.29, 1.82) is 0 Å². The predicted molar refractivity (Wildman–Crippen MR) is 40.5 cm³/mol. The molecule has 4 heteroatoms. The summed E-state index contributed by atoms with van der Waals surface area (Å²) in [5, 5.41) is 11.5. The van der Waals surface area contributed by atoms with Crippen molar-refractivity contribution in [2.24, 2.45) is 5.92 Å². The van der Waals surface area contributed by atoms with Gasteiger partial charge in [-0.2, -0.15) is 0 Å². The molecule has 0 aliphatic carbocycles. The van der Waals surface area contributed by atoms with Gasteiger partial charge in [-0.1, -0.05) is 0 Å². The summed E-state index contributed by atoms with van der Waals surface area (Å²) in [5.41, 5.74) is 0. The lowest BCUT2D eigenvalue weighted by Crippen LogP contribution is -2.34. The van der Waals surface area contributed by atoms with Gasteiger partial charge in [-0.25, -0.2) is 0 Å². The number of nitrogens with one attached hydrogen (secondary N) is 1. The van der Waals surface area contributed by atoms with Crippen LogP contribution in [-0.2, 0) is 4.79 Å². The fourth-order valence-electron chi connectivity index (χ4n) is 1.06. The third-order valence-corrected chi connectivity index (χ3v) is 1.65. The first kappa shape index (κ1) is 9.72. The van der Waals surface area contributed by atoms with Gasteiger partial charge >= 0.3 is 5.97 Å². The normalized spacial score (nSPS) is 25.0. The van der Waals surface area contributed by atoms with Gasteiger partial charge in [0.2, 0.25) is 0 Å². The van der Waals surface area contributed by atoms with Crippen LogP contribution in [0.2, 0.25) is 0 Å². The lowest BCUT2D eigenvalue weighted by Gasteiger charge is -2.18. The van der Waals surface area contributed by atoms with Gasteiger partial charge in [0.15, 0.2) is 0 Å². The van der Waals surface area contributed by atoms with Gasteiger partial charge in [0, 0.05) is 6.54 Å². The standard InChI is InChI=1S/C6H11NO2.ClH/c8-6(9)5-2-1-3-7-4-5;/h5,7H,1-4H2,(H,8,9);1H/t5-;/m0./s1. The molecule has 0 amide bonds. The molecule has 1 aliphatic heterocycles. The average molecular weight is 166 g/mol. The Morgan fingerprint density at radius 3 is 2.60 bits per heavy atom. The summed E-state index contributed by atoms with van der Waals surface area (Å²) in [7, 11) is 0. The minimum Gasteiger partial charge on any atom is -0.481 e. The molecule has 1 fully saturated rings. The fraction of sp³-hybridized carbons (Fsp3) is 0.833. The van der Waals surface area contributed by atoms with Crippen LogP contribution in [-0.4, -0.2) is 24.2 Å². The van der Waals surface area contributed by atoms with Gasteiger partial charge in [-0.05, 0) is 19.4 Å². The lowest BCUT2D eigenvalue weighted by atomic mass is 10.0. The molecule has 1 rings (SSSR count). The van der Waals surface area contributed by atoms with Crippen molar-refractivity contribution in [3.8, 4) is 0 Å². The number of rotatable bonds is 1. The molecular formula is C6H12ClNO2. The Kier molecular flexibility index (Phi) is 4.40. The minimum absolute atomic E-state index is 0. The van der Waals surface area contributed by atoms with Gasteiger partial charge in [-0.15, -0.1) is 12.4 Å². The number of halogens is 1. The van der Waals surface area contributed by atoms with Crippen LogP contribution >= 0.6 is 12.4 Å². The summed E-state index contributed by atoms with van der Waals surface area (Å²) >= 11 is 0. The van der Waals surface area contributed by atoms with Crippen LogP contribution in [0.15, 0.2) is 0 Å². The number of carbonyl (C=O) groups is 1. The second-order valence-electron chi connectivity index (χ2n) is 2.38. The zero-order valence-electron chi connectivity index (χ0n) is 5.67. The Labute approximate surface area is 66.2 Å². The van der Waals surface area contributed by atoms with E-state index in [9.17, 15) is 4.79 Å². The van der Waals surface area contributed by atoms with E-state index < -0.39 is 5.97 Å². The number of carboxylic acid groups (broad SMARTS) is 1.